The molecule has 3 aromatic carbocycles. The molecule has 1 amide bonds. The second kappa shape index (κ2) is 8.82. The third-order valence-electron chi connectivity index (χ3n) is 5.44. The normalized spacial score (nSPS) is 10.9. The number of rotatable bonds is 6. The lowest BCUT2D eigenvalue weighted by molar-refractivity contribution is 0.102. The van der Waals surface area contributed by atoms with Gasteiger partial charge in [0.2, 0.25) is 11.6 Å². The maximum atomic E-state index is 12.9. The first-order valence-electron chi connectivity index (χ1n) is 10.4. The zero-order valence-corrected chi connectivity index (χ0v) is 18.9. The fourth-order valence-corrected chi connectivity index (χ4v) is 3.79. The Labute approximate surface area is 198 Å². The number of methoxy groups -OCH3 is 3. The minimum absolute atomic E-state index is 0.0936. The van der Waals surface area contributed by atoms with Crippen LogP contribution in [0.1, 0.15) is 10.4 Å². The van der Waals surface area contributed by atoms with Crippen LogP contribution in [0.5, 0.6) is 17.2 Å². The van der Waals surface area contributed by atoms with Crippen molar-refractivity contribution in [3.63, 3.8) is 0 Å². The van der Waals surface area contributed by atoms with Gasteiger partial charge in [-0.25, -0.2) is 4.79 Å². The Morgan fingerprint density at radius 3 is 2.31 bits per heavy atom. The van der Waals surface area contributed by atoms with Gasteiger partial charge >= 0.3 is 11.6 Å². The first kappa shape index (κ1) is 22.0. The fourth-order valence-electron chi connectivity index (χ4n) is 3.79. The molecule has 0 aliphatic rings. The van der Waals surface area contributed by atoms with Crippen LogP contribution in [0.3, 0.4) is 0 Å². The molecule has 5 rings (SSSR count). The van der Waals surface area contributed by atoms with Crippen molar-refractivity contribution in [2.45, 2.75) is 0 Å². The molecule has 0 atom stereocenters. The van der Waals surface area contributed by atoms with Gasteiger partial charge in [-0.3, -0.25) is 10.1 Å². The van der Waals surface area contributed by atoms with Crippen LogP contribution in [-0.2, 0) is 0 Å². The third-order valence-corrected chi connectivity index (χ3v) is 5.44. The number of carbonyl (C=O) groups is 1. The number of benzene rings is 3. The highest BCUT2D eigenvalue weighted by Crippen LogP contribution is 2.41. The van der Waals surface area contributed by atoms with Gasteiger partial charge in [0.1, 0.15) is 11.1 Å². The molecule has 0 bridgehead atoms. The lowest BCUT2D eigenvalue weighted by Crippen LogP contribution is -2.20. The summed E-state index contributed by atoms with van der Waals surface area (Å²) in [7, 11) is 4.46. The van der Waals surface area contributed by atoms with Crippen molar-refractivity contribution >= 4 is 33.7 Å². The number of hydrogen-bond acceptors (Lipinski definition) is 9. The summed E-state index contributed by atoms with van der Waals surface area (Å²) in [6.07, 6.45) is 0. The zero-order chi connectivity index (χ0) is 24.5. The van der Waals surface area contributed by atoms with Gasteiger partial charge in [-0.1, -0.05) is 35.4 Å². The summed E-state index contributed by atoms with van der Waals surface area (Å²) in [4.78, 5) is 25.4. The molecular weight excluding hydrogens is 454 g/mol. The third kappa shape index (κ3) is 3.90. The summed E-state index contributed by atoms with van der Waals surface area (Å²) < 4.78 is 27.0. The number of aromatic nitrogens is 2. The largest absolute Gasteiger partial charge is 0.493 e. The predicted molar refractivity (Wildman–Crippen MR) is 127 cm³/mol. The minimum atomic E-state index is -0.783. The highest BCUT2D eigenvalue weighted by atomic mass is 16.5. The van der Waals surface area contributed by atoms with E-state index in [0.29, 0.717) is 33.8 Å². The monoisotopic (exact) mass is 473 g/mol. The topological polar surface area (TPSA) is 126 Å². The SMILES string of the molecule is COc1cc(-c2nnc(NC(=O)c3cc4c(ccc5ccccc54)oc3=O)o2)cc(OC)c1OC. The van der Waals surface area contributed by atoms with Crippen LogP contribution in [0.4, 0.5) is 6.01 Å². The van der Waals surface area contributed by atoms with E-state index in [4.69, 9.17) is 23.0 Å². The quantitative estimate of drug-likeness (QED) is 0.284. The molecule has 10 heteroatoms. The van der Waals surface area contributed by atoms with Gasteiger partial charge in [-0.2, -0.15) is 0 Å². The molecule has 10 nitrogen and oxygen atoms in total. The van der Waals surface area contributed by atoms with E-state index < -0.39 is 11.5 Å². The molecule has 0 spiro atoms. The van der Waals surface area contributed by atoms with Gasteiger partial charge in [0.25, 0.3) is 5.91 Å². The van der Waals surface area contributed by atoms with Crippen LogP contribution in [0, 0.1) is 0 Å². The average molecular weight is 473 g/mol. The summed E-state index contributed by atoms with van der Waals surface area (Å²) >= 11 is 0. The minimum Gasteiger partial charge on any atom is -0.493 e. The molecule has 176 valence electrons. The summed E-state index contributed by atoms with van der Waals surface area (Å²) in [5, 5.41) is 12.7. The van der Waals surface area contributed by atoms with Crippen molar-refractivity contribution < 1.29 is 27.8 Å². The number of carbonyl (C=O) groups excluding carboxylic acids is 1. The van der Waals surface area contributed by atoms with E-state index in [0.717, 1.165) is 10.8 Å². The Kier molecular flexibility index (Phi) is 5.54. The second-order valence-corrected chi connectivity index (χ2v) is 7.43. The Bertz CT molecular complexity index is 1610. The van der Waals surface area contributed by atoms with E-state index in [9.17, 15) is 9.59 Å². The number of hydrogen-bond donors (Lipinski definition) is 1. The van der Waals surface area contributed by atoms with Crippen molar-refractivity contribution in [3.05, 3.63) is 70.6 Å². The van der Waals surface area contributed by atoms with E-state index in [1.54, 1.807) is 18.2 Å². The van der Waals surface area contributed by atoms with Crippen molar-refractivity contribution in [2.24, 2.45) is 0 Å². The first-order chi connectivity index (χ1) is 17.0. The van der Waals surface area contributed by atoms with Gasteiger partial charge in [-0.15, -0.1) is 5.10 Å². The molecule has 0 fully saturated rings. The van der Waals surface area contributed by atoms with E-state index in [-0.39, 0.29) is 17.5 Å². The van der Waals surface area contributed by atoms with Gasteiger partial charge in [-0.05, 0) is 35.0 Å². The van der Waals surface area contributed by atoms with Crippen molar-refractivity contribution in [3.8, 4) is 28.7 Å². The Morgan fingerprint density at radius 1 is 0.857 bits per heavy atom. The van der Waals surface area contributed by atoms with Crippen LogP contribution >= 0.6 is 0 Å². The van der Waals surface area contributed by atoms with Crippen LogP contribution < -0.4 is 25.2 Å². The van der Waals surface area contributed by atoms with E-state index in [1.165, 1.54) is 27.4 Å². The standard InChI is InChI=1S/C25H19N3O7/c1-31-19-10-14(11-20(32-2)21(19)33-3)23-27-28-25(35-23)26-22(29)17-12-16-15-7-5-4-6-13(15)8-9-18(16)34-24(17)30/h4-12H,1-3H3,(H,26,28,29). The summed E-state index contributed by atoms with van der Waals surface area (Å²) in [6.45, 7) is 0. The molecule has 2 aromatic heterocycles. The molecule has 5 aromatic rings. The number of nitrogens with one attached hydrogen (secondary N) is 1. The van der Waals surface area contributed by atoms with Crippen LogP contribution in [-0.4, -0.2) is 37.4 Å². The molecule has 0 unspecified atom stereocenters. The smallest absolute Gasteiger partial charge is 0.349 e. The van der Waals surface area contributed by atoms with E-state index in [1.807, 2.05) is 30.3 Å². The number of anilines is 1. The lowest BCUT2D eigenvalue weighted by Gasteiger charge is -2.12. The van der Waals surface area contributed by atoms with Crippen molar-refractivity contribution in [1.29, 1.82) is 0 Å². The highest BCUT2D eigenvalue weighted by molar-refractivity contribution is 6.10. The molecule has 0 radical (unpaired) electrons. The molecular formula is C25H19N3O7. The van der Waals surface area contributed by atoms with Gasteiger partial charge in [0.15, 0.2) is 11.5 Å². The molecule has 1 N–H and O–H groups in total. The summed E-state index contributed by atoms with van der Waals surface area (Å²) in [6, 6.07) is 15.7. The summed E-state index contributed by atoms with van der Waals surface area (Å²) in [5.74, 6) is 0.547. The maximum absolute atomic E-state index is 12.9. The number of nitrogens with zero attached hydrogens (tertiary/aromatic N) is 2. The molecule has 0 aliphatic heterocycles. The van der Waals surface area contributed by atoms with Crippen LogP contribution in [0.15, 0.2) is 68.2 Å². The summed E-state index contributed by atoms with van der Waals surface area (Å²) in [5.41, 5.74) is -0.118. The van der Waals surface area contributed by atoms with Crippen LogP contribution in [0.25, 0.3) is 33.2 Å². The fraction of sp³-hybridized carbons (Fsp3) is 0.120. The van der Waals surface area contributed by atoms with Gasteiger partial charge < -0.3 is 23.0 Å². The van der Waals surface area contributed by atoms with Gasteiger partial charge in [0.05, 0.1) is 21.3 Å². The number of fused-ring (bicyclic) bond motifs is 3. The predicted octanol–water partition coefficient (Wildman–Crippen LogP) is 4.27. The Hall–Kier alpha value is -4.86. The molecule has 0 saturated heterocycles. The molecule has 0 aliphatic carbocycles. The lowest BCUT2D eigenvalue weighted by atomic mass is 10.0. The van der Waals surface area contributed by atoms with Gasteiger partial charge in [0, 0.05) is 10.9 Å². The molecule has 0 saturated carbocycles. The number of ether oxygens (including phenoxy) is 3. The Balaban J connectivity index is 1.47. The van der Waals surface area contributed by atoms with Crippen molar-refractivity contribution in [2.75, 3.05) is 26.6 Å². The zero-order valence-electron chi connectivity index (χ0n) is 18.9. The maximum Gasteiger partial charge on any atom is 0.349 e. The van der Waals surface area contributed by atoms with Crippen molar-refractivity contribution in [1.82, 2.24) is 10.2 Å². The van der Waals surface area contributed by atoms with E-state index in [2.05, 4.69) is 15.5 Å². The average Bonchev–Trinajstić information content (AvgIpc) is 3.35. The Morgan fingerprint density at radius 2 is 1.60 bits per heavy atom. The van der Waals surface area contributed by atoms with Crippen LogP contribution in [0.2, 0.25) is 0 Å². The van der Waals surface area contributed by atoms with E-state index >= 15 is 0 Å². The molecule has 2 heterocycles. The second-order valence-electron chi connectivity index (χ2n) is 7.43. The highest BCUT2D eigenvalue weighted by Gasteiger charge is 2.20. The molecule has 35 heavy (non-hydrogen) atoms. The number of amides is 1. The first-order valence-corrected chi connectivity index (χ1v) is 10.4.